The second-order valence-corrected chi connectivity index (χ2v) is 3.33. The van der Waals surface area contributed by atoms with Crippen LogP contribution in [0.15, 0.2) is 12.2 Å². The van der Waals surface area contributed by atoms with E-state index in [1.807, 2.05) is 6.08 Å². The molecule has 1 N–H and O–H groups in total. The van der Waals surface area contributed by atoms with Crippen LogP contribution in [0, 0.1) is 5.92 Å². The quantitative estimate of drug-likeness (QED) is 0.359. The predicted octanol–water partition coefficient (Wildman–Crippen LogP) is 2.61. The van der Waals surface area contributed by atoms with Crippen LogP contribution in [0.5, 0.6) is 0 Å². The summed E-state index contributed by atoms with van der Waals surface area (Å²) in [7, 11) is 0. The molecule has 0 saturated carbocycles. The molecule has 1 aliphatic carbocycles. The summed E-state index contributed by atoms with van der Waals surface area (Å²) in [5, 5.41) is 8.44. The molecule has 0 aromatic heterocycles. The third-order valence-electron chi connectivity index (χ3n) is 2.26. The molecule has 0 fully saturated rings. The van der Waals surface area contributed by atoms with Crippen molar-refractivity contribution in [3.05, 3.63) is 12.2 Å². The van der Waals surface area contributed by atoms with E-state index in [-0.39, 0.29) is 6.10 Å². The molecular formula is C9H16O2. The highest BCUT2D eigenvalue weighted by Crippen LogP contribution is 2.18. The summed E-state index contributed by atoms with van der Waals surface area (Å²) in [6.45, 7) is 2.24. The van der Waals surface area contributed by atoms with E-state index in [0.29, 0.717) is 0 Å². The highest BCUT2D eigenvalue weighted by atomic mass is 17.1. The normalized spacial score (nSPS) is 35.8. The topological polar surface area (TPSA) is 29.5 Å². The van der Waals surface area contributed by atoms with Gasteiger partial charge in [-0.1, -0.05) is 19.1 Å². The molecule has 11 heavy (non-hydrogen) atoms. The van der Waals surface area contributed by atoms with Gasteiger partial charge < -0.3 is 0 Å². The standard InChI is InChI=1S/C9H16O2/c1-8-4-2-3-5-9(11-10)7-6-8/h3,5,8-10H,2,4,6-7H2,1H3/b5-3+. The zero-order valence-corrected chi connectivity index (χ0v) is 6.99. The Kier molecular flexibility index (Phi) is 3.60. The summed E-state index contributed by atoms with van der Waals surface area (Å²) in [6, 6.07) is 0. The Morgan fingerprint density at radius 2 is 2.18 bits per heavy atom. The number of hydrogen-bond donors (Lipinski definition) is 1. The van der Waals surface area contributed by atoms with E-state index in [0.717, 1.165) is 25.2 Å². The average Bonchev–Trinajstić information content (AvgIpc) is 1.98. The maximum Gasteiger partial charge on any atom is 0.111 e. The van der Waals surface area contributed by atoms with Crippen LogP contribution in [0.1, 0.15) is 32.6 Å². The molecule has 2 heteroatoms. The third kappa shape index (κ3) is 3.04. The van der Waals surface area contributed by atoms with Gasteiger partial charge in [0.1, 0.15) is 6.10 Å². The van der Waals surface area contributed by atoms with E-state index in [1.54, 1.807) is 0 Å². The summed E-state index contributed by atoms with van der Waals surface area (Å²) in [5.41, 5.74) is 0. The van der Waals surface area contributed by atoms with Crippen molar-refractivity contribution >= 4 is 0 Å². The van der Waals surface area contributed by atoms with Crippen molar-refractivity contribution in [3.8, 4) is 0 Å². The molecule has 0 heterocycles. The molecule has 64 valence electrons. The van der Waals surface area contributed by atoms with Crippen molar-refractivity contribution < 1.29 is 10.1 Å². The molecule has 0 saturated heterocycles. The summed E-state index contributed by atoms with van der Waals surface area (Å²) in [5.74, 6) is 0.762. The van der Waals surface area contributed by atoms with Crippen molar-refractivity contribution in [2.75, 3.05) is 0 Å². The molecule has 0 amide bonds. The molecule has 0 spiro atoms. The van der Waals surface area contributed by atoms with Gasteiger partial charge >= 0.3 is 0 Å². The van der Waals surface area contributed by atoms with Gasteiger partial charge in [-0.2, -0.15) is 0 Å². The van der Waals surface area contributed by atoms with E-state index >= 15 is 0 Å². The number of hydrogen-bond acceptors (Lipinski definition) is 2. The summed E-state index contributed by atoms with van der Waals surface area (Å²) < 4.78 is 0. The Labute approximate surface area is 67.8 Å². The molecule has 2 unspecified atom stereocenters. The fourth-order valence-corrected chi connectivity index (χ4v) is 1.41. The highest BCUT2D eigenvalue weighted by molar-refractivity contribution is 4.91. The first kappa shape index (κ1) is 8.75. The van der Waals surface area contributed by atoms with Gasteiger partial charge in [-0.25, -0.2) is 4.89 Å². The first-order chi connectivity index (χ1) is 5.33. The van der Waals surface area contributed by atoms with E-state index in [1.165, 1.54) is 6.42 Å². The Morgan fingerprint density at radius 1 is 1.36 bits per heavy atom. The molecule has 1 aliphatic rings. The minimum absolute atomic E-state index is 0.0715. The molecular weight excluding hydrogens is 140 g/mol. The fraction of sp³-hybridized carbons (Fsp3) is 0.778. The molecule has 0 aromatic carbocycles. The zero-order chi connectivity index (χ0) is 8.10. The number of allylic oxidation sites excluding steroid dienone is 1. The molecule has 2 nitrogen and oxygen atoms in total. The molecule has 2 atom stereocenters. The van der Waals surface area contributed by atoms with E-state index in [9.17, 15) is 0 Å². The van der Waals surface area contributed by atoms with Crippen LogP contribution in [-0.2, 0) is 4.89 Å². The van der Waals surface area contributed by atoms with Crippen LogP contribution < -0.4 is 0 Å². The van der Waals surface area contributed by atoms with Crippen LogP contribution in [-0.4, -0.2) is 11.4 Å². The second-order valence-electron chi connectivity index (χ2n) is 3.33. The SMILES string of the molecule is CC1CC/C=C/C(OO)CC1. The lowest BCUT2D eigenvalue weighted by atomic mass is 9.95. The Hall–Kier alpha value is -0.340. The van der Waals surface area contributed by atoms with Crippen LogP contribution >= 0.6 is 0 Å². The van der Waals surface area contributed by atoms with Crippen LogP contribution in [0.4, 0.5) is 0 Å². The van der Waals surface area contributed by atoms with Crippen molar-refractivity contribution in [3.63, 3.8) is 0 Å². The predicted molar refractivity (Wildman–Crippen MR) is 44.3 cm³/mol. The van der Waals surface area contributed by atoms with Gasteiger partial charge in [0.25, 0.3) is 0 Å². The van der Waals surface area contributed by atoms with Gasteiger partial charge in [0.2, 0.25) is 0 Å². The Balaban J connectivity index is 2.39. The monoisotopic (exact) mass is 156 g/mol. The van der Waals surface area contributed by atoms with Crippen molar-refractivity contribution in [1.82, 2.24) is 0 Å². The summed E-state index contributed by atoms with van der Waals surface area (Å²) in [6.07, 6.45) is 8.43. The van der Waals surface area contributed by atoms with Crippen molar-refractivity contribution in [2.45, 2.75) is 38.7 Å². The maximum absolute atomic E-state index is 8.44. The van der Waals surface area contributed by atoms with Gasteiger partial charge in [0, 0.05) is 0 Å². The zero-order valence-electron chi connectivity index (χ0n) is 6.99. The van der Waals surface area contributed by atoms with Crippen LogP contribution in [0.2, 0.25) is 0 Å². The van der Waals surface area contributed by atoms with Gasteiger partial charge in [-0.3, -0.25) is 5.26 Å². The van der Waals surface area contributed by atoms with Gasteiger partial charge in [0.15, 0.2) is 0 Å². The molecule has 0 radical (unpaired) electrons. The summed E-state index contributed by atoms with van der Waals surface area (Å²) in [4.78, 5) is 4.29. The smallest absolute Gasteiger partial charge is 0.111 e. The minimum Gasteiger partial charge on any atom is -0.251 e. The van der Waals surface area contributed by atoms with Crippen molar-refractivity contribution in [1.29, 1.82) is 0 Å². The minimum atomic E-state index is -0.0715. The van der Waals surface area contributed by atoms with Crippen LogP contribution in [0.3, 0.4) is 0 Å². The molecule has 0 aliphatic heterocycles. The molecule has 1 rings (SSSR count). The Bertz CT molecular complexity index is 132. The van der Waals surface area contributed by atoms with Gasteiger partial charge in [0.05, 0.1) is 0 Å². The molecule has 0 bridgehead atoms. The second kappa shape index (κ2) is 4.52. The lowest BCUT2D eigenvalue weighted by Gasteiger charge is -2.16. The van der Waals surface area contributed by atoms with Gasteiger partial charge in [-0.05, 0) is 31.6 Å². The number of rotatable bonds is 1. The lowest BCUT2D eigenvalue weighted by Crippen LogP contribution is -2.11. The third-order valence-corrected chi connectivity index (χ3v) is 2.26. The first-order valence-corrected chi connectivity index (χ1v) is 4.30. The van der Waals surface area contributed by atoms with Crippen molar-refractivity contribution in [2.24, 2.45) is 5.92 Å². The van der Waals surface area contributed by atoms with E-state index < -0.39 is 0 Å². The lowest BCUT2D eigenvalue weighted by molar-refractivity contribution is -0.267. The fourth-order valence-electron chi connectivity index (χ4n) is 1.41. The maximum atomic E-state index is 8.44. The Morgan fingerprint density at radius 3 is 2.91 bits per heavy atom. The van der Waals surface area contributed by atoms with E-state index in [2.05, 4.69) is 17.9 Å². The average molecular weight is 156 g/mol. The van der Waals surface area contributed by atoms with E-state index in [4.69, 9.17) is 5.26 Å². The van der Waals surface area contributed by atoms with Gasteiger partial charge in [-0.15, -0.1) is 0 Å². The van der Waals surface area contributed by atoms with Crippen LogP contribution in [0.25, 0.3) is 0 Å². The first-order valence-electron chi connectivity index (χ1n) is 4.30. The summed E-state index contributed by atoms with van der Waals surface area (Å²) >= 11 is 0. The highest BCUT2D eigenvalue weighted by Gasteiger charge is 2.10. The largest absolute Gasteiger partial charge is 0.251 e. The molecule has 0 aromatic rings.